The molecule has 0 unspecified atom stereocenters. The van der Waals surface area contributed by atoms with Crippen molar-refractivity contribution < 1.29 is 38.4 Å². The van der Waals surface area contributed by atoms with Gasteiger partial charge in [-0.1, -0.05) is 30.3 Å². The molecule has 0 bridgehead atoms. The van der Waals surface area contributed by atoms with Crippen molar-refractivity contribution in [1.29, 1.82) is 0 Å². The molecule has 4 rings (SSSR count). The Morgan fingerprint density at radius 3 is 2.68 bits per heavy atom. The van der Waals surface area contributed by atoms with E-state index in [-0.39, 0.29) is 25.9 Å². The van der Waals surface area contributed by atoms with Gasteiger partial charge >= 0.3 is 6.09 Å². The molecule has 0 aliphatic carbocycles. The van der Waals surface area contributed by atoms with Crippen molar-refractivity contribution in [3.05, 3.63) is 84.4 Å². The number of amides is 2. The van der Waals surface area contributed by atoms with Gasteiger partial charge in [-0.25, -0.2) is 4.79 Å². The number of para-hydroxylation sites is 2. The molecule has 0 saturated carbocycles. The lowest BCUT2D eigenvalue weighted by atomic mass is 10.00. The van der Waals surface area contributed by atoms with E-state index in [1.165, 1.54) is 13.2 Å². The number of anilines is 3. The van der Waals surface area contributed by atoms with Crippen LogP contribution in [0.1, 0.15) is 24.5 Å². The Labute approximate surface area is 237 Å². The molecule has 0 fully saturated rings. The number of aliphatic hydroxyl groups excluding tert-OH is 1. The molecular formula is C30H33N3O8. The summed E-state index contributed by atoms with van der Waals surface area (Å²) in [6.07, 6.45) is 1.93. The molecule has 0 aromatic heterocycles. The molecule has 1 aliphatic rings. The zero-order valence-corrected chi connectivity index (χ0v) is 22.6. The topological polar surface area (TPSA) is 151 Å². The average molecular weight is 564 g/mol. The number of rotatable bonds is 13. The van der Waals surface area contributed by atoms with E-state index >= 15 is 0 Å². The van der Waals surface area contributed by atoms with Gasteiger partial charge in [0.25, 0.3) is 0 Å². The summed E-state index contributed by atoms with van der Waals surface area (Å²) in [5, 5.41) is 14.6. The Morgan fingerprint density at radius 1 is 1.05 bits per heavy atom. The van der Waals surface area contributed by atoms with E-state index < -0.39 is 18.3 Å². The SMILES string of the molecule is CO[C@H](CC/C=C/C(=O)Nc1ccccc1N)[C@H](OC(=O)Nc1ccc2c(c1)OCO2)c1cccc(OCCO)c1. The summed E-state index contributed by atoms with van der Waals surface area (Å²) in [5.74, 6) is 1.30. The maximum absolute atomic E-state index is 13.0. The molecule has 5 N–H and O–H groups in total. The number of fused-ring (bicyclic) bond motifs is 1. The first-order valence-corrected chi connectivity index (χ1v) is 13.0. The van der Waals surface area contributed by atoms with Crippen molar-refractivity contribution in [1.82, 2.24) is 0 Å². The van der Waals surface area contributed by atoms with E-state index in [2.05, 4.69) is 10.6 Å². The zero-order chi connectivity index (χ0) is 29.0. The van der Waals surface area contributed by atoms with Gasteiger partial charge in [0.15, 0.2) is 17.6 Å². The number of nitrogens with two attached hydrogens (primary N) is 1. The first-order valence-electron chi connectivity index (χ1n) is 13.0. The maximum Gasteiger partial charge on any atom is 0.412 e. The minimum atomic E-state index is -0.821. The molecule has 2 atom stereocenters. The number of allylic oxidation sites excluding steroid dienone is 1. The Bertz CT molecular complexity index is 1360. The molecule has 0 radical (unpaired) electrons. The summed E-state index contributed by atoms with van der Waals surface area (Å²) < 4.78 is 27.9. The molecule has 3 aromatic carbocycles. The first kappa shape index (κ1) is 29.2. The van der Waals surface area contributed by atoms with Gasteiger partial charge in [0.05, 0.1) is 24.1 Å². The van der Waals surface area contributed by atoms with Crippen LogP contribution in [-0.2, 0) is 14.3 Å². The van der Waals surface area contributed by atoms with Gasteiger partial charge in [-0.15, -0.1) is 0 Å². The molecule has 11 nitrogen and oxygen atoms in total. The second kappa shape index (κ2) is 14.6. The fraction of sp³-hybridized carbons (Fsp3) is 0.267. The summed E-state index contributed by atoms with van der Waals surface area (Å²) in [5.41, 5.74) is 7.99. The summed E-state index contributed by atoms with van der Waals surface area (Å²) in [6.45, 7) is 0.0975. The van der Waals surface area contributed by atoms with Crippen molar-refractivity contribution in [3.63, 3.8) is 0 Å². The maximum atomic E-state index is 13.0. The molecule has 2 amide bonds. The van der Waals surface area contributed by atoms with Gasteiger partial charge < -0.3 is 39.8 Å². The van der Waals surface area contributed by atoms with Crippen LogP contribution < -0.4 is 30.6 Å². The highest BCUT2D eigenvalue weighted by molar-refractivity contribution is 6.01. The van der Waals surface area contributed by atoms with Gasteiger partial charge in [-0.3, -0.25) is 10.1 Å². The van der Waals surface area contributed by atoms with Crippen LogP contribution in [0.5, 0.6) is 17.2 Å². The normalized spacial score (nSPS) is 13.4. The second-order valence-corrected chi connectivity index (χ2v) is 8.99. The van der Waals surface area contributed by atoms with Crippen LogP contribution in [0.4, 0.5) is 21.9 Å². The lowest BCUT2D eigenvalue weighted by Gasteiger charge is -2.26. The third-order valence-electron chi connectivity index (χ3n) is 6.15. The summed E-state index contributed by atoms with van der Waals surface area (Å²) in [6, 6.07) is 19.0. The van der Waals surface area contributed by atoms with Gasteiger partial charge in [0.2, 0.25) is 12.7 Å². The number of nitrogens with one attached hydrogen (secondary N) is 2. The number of hydrogen-bond acceptors (Lipinski definition) is 9. The average Bonchev–Trinajstić information content (AvgIpc) is 3.44. The number of ether oxygens (including phenoxy) is 5. The molecule has 1 heterocycles. The van der Waals surface area contributed by atoms with Crippen LogP contribution in [0.25, 0.3) is 0 Å². The zero-order valence-electron chi connectivity index (χ0n) is 22.6. The summed E-state index contributed by atoms with van der Waals surface area (Å²) in [7, 11) is 1.53. The van der Waals surface area contributed by atoms with E-state index in [0.717, 1.165) is 0 Å². The van der Waals surface area contributed by atoms with E-state index in [1.54, 1.807) is 72.8 Å². The largest absolute Gasteiger partial charge is 0.491 e. The molecule has 216 valence electrons. The van der Waals surface area contributed by atoms with Crippen LogP contribution in [0.3, 0.4) is 0 Å². The smallest absolute Gasteiger partial charge is 0.412 e. The van der Waals surface area contributed by atoms with Crippen molar-refractivity contribution in [3.8, 4) is 17.2 Å². The third-order valence-corrected chi connectivity index (χ3v) is 6.15. The quantitative estimate of drug-likeness (QED) is 0.172. The number of aliphatic hydroxyl groups is 1. The Morgan fingerprint density at radius 2 is 1.88 bits per heavy atom. The van der Waals surface area contributed by atoms with Crippen LogP contribution in [-0.4, -0.2) is 50.3 Å². The Hall–Kier alpha value is -4.74. The van der Waals surface area contributed by atoms with Crippen molar-refractivity contribution in [2.75, 3.05) is 43.5 Å². The Kier molecular flexibility index (Phi) is 10.4. The highest BCUT2D eigenvalue weighted by Gasteiger charge is 2.28. The molecule has 0 saturated heterocycles. The van der Waals surface area contributed by atoms with Crippen LogP contribution in [0.15, 0.2) is 78.9 Å². The van der Waals surface area contributed by atoms with E-state index in [4.69, 9.17) is 34.5 Å². The van der Waals surface area contributed by atoms with E-state index in [9.17, 15) is 9.59 Å². The minimum absolute atomic E-state index is 0.117. The number of nitrogen functional groups attached to an aromatic ring is 1. The van der Waals surface area contributed by atoms with Crippen LogP contribution in [0.2, 0.25) is 0 Å². The predicted octanol–water partition coefficient (Wildman–Crippen LogP) is 4.65. The molecule has 41 heavy (non-hydrogen) atoms. The monoisotopic (exact) mass is 563 g/mol. The van der Waals surface area contributed by atoms with E-state index in [0.29, 0.717) is 52.7 Å². The highest BCUT2D eigenvalue weighted by Crippen LogP contribution is 2.35. The van der Waals surface area contributed by atoms with Gasteiger partial charge in [0.1, 0.15) is 12.4 Å². The van der Waals surface area contributed by atoms with Crippen molar-refractivity contribution in [2.24, 2.45) is 0 Å². The molecule has 3 aromatic rings. The van der Waals surface area contributed by atoms with E-state index in [1.807, 2.05) is 0 Å². The summed E-state index contributed by atoms with van der Waals surface area (Å²) in [4.78, 5) is 25.3. The lowest BCUT2D eigenvalue weighted by Crippen LogP contribution is -2.28. The minimum Gasteiger partial charge on any atom is -0.491 e. The van der Waals surface area contributed by atoms with Crippen molar-refractivity contribution in [2.45, 2.75) is 25.0 Å². The number of methoxy groups -OCH3 is 1. The van der Waals surface area contributed by atoms with Gasteiger partial charge in [-0.2, -0.15) is 0 Å². The van der Waals surface area contributed by atoms with Crippen LogP contribution in [0, 0.1) is 0 Å². The fourth-order valence-corrected chi connectivity index (χ4v) is 4.17. The predicted molar refractivity (Wildman–Crippen MR) is 153 cm³/mol. The molecular weight excluding hydrogens is 530 g/mol. The number of hydrogen-bond donors (Lipinski definition) is 4. The van der Waals surface area contributed by atoms with Gasteiger partial charge in [0, 0.05) is 18.9 Å². The third kappa shape index (κ3) is 8.37. The fourth-order valence-electron chi connectivity index (χ4n) is 4.17. The van der Waals surface area contributed by atoms with Gasteiger partial charge in [-0.05, 0) is 60.9 Å². The highest BCUT2D eigenvalue weighted by atomic mass is 16.7. The molecule has 0 spiro atoms. The lowest BCUT2D eigenvalue weighted by molar-refractivity contribution is -0.111. The second-order valence-electron chi connectivity index (χ2n) is 8.99. The Balaban J connectivity index is 1.44. The van der Waals surface area contributed by atoms with Crippen molar-refractivity contribution >= 4 is 29.1 Å². The molecule has 11 heteroatoms. The molecule has 1 aliphatic heterocycles. The number of carbonyl (C=O) groups is 2. The summed E-state index contributed by atoms with van der Waals surface area (Å²) >= 11 is 0. The number of carbonyl (C=O) groups excluding carboxylic acids is 2. The standard InChI is InChI=1S/C30H33N3O8/c1-37-26(11-4-5-12-28(35)33-24-10-3-2-9-23(24)31)29(20-7-6-8-22(17-20)38-16-15-34)41-30(36)32-21-13-14-25-27(18-21)40-19-39-25/h2-3,5-10,12-14,17-18,26,29,34H,4,11,15-16,19,31H2,1H3,(H,32,36)(H,33,35)/b12-5+/t26-,29-/m1/s1. The first-order chi connectivity index (χ1) is 20.0. The van der Waals surface area contributed by atoms with Crippen LogP contribution >= 0.6 is 0 Å². The number of benzene rings is 3.